The largest absolute Gasteiger partial charge is 0.378 e. The molecule has 8 heteroatoms. The maximum Gasteiger partial charge on any atom is 0.325 e. The van der Waals surface area contributed by atoms with Gasteiger partial charge in [-0.2, -0.15) is 0 Å². The highest BCUT2D eigenvalue weighted by molar-refractivity contribution is 7.51. The van der Waals surface area contributed by atoms with Crippen LogP contribution >= 0.6 is 19.2 Å². The van der Waals surface area contributed by atoms with Gasteiger partial charge in [0.1, 0.15) is 0 Å². The van der Waals surface area contributed by atoms with Crippen LogP contribution < -0.4 is 9.80 Å². The van der Waals surface area contributed by atoms with Crippen molar-refractivity contribution in [1.82, 2.24) is 4.90 Å². The van der Waals surface area contributed by atoms with E-state index < -0.39 is 7.60 Å². The van der Waals surface area contributed by atoms with Gasteiger partial charge in [-0.3, -0.25) is 4.57 Å². The van der Waals surface area contributed by atoms with E-state index in [0.717, 1.165) is 49.9 Å². The lowest BCUT2D eigenvalue weighted by Crippen LogP contribution is -2.33. The van der Waals surface area contributed by atoms with Gasteiger partial charge in [0.05, 0.1) is 11.1 Å². The molecule has 1 aromatic carbocycles. The Bertz CT molecular complexity index is 1010. The van der Waals surface area contributed by atoms with Gasteiger partial charge in [0, 0.05) is 58.0 Å². The van der Waals surface area contributed by atoms with Crippen LogP contribution in [0.25, 0.3) is 6.08 Å². The van der Waals surface area contributed by atoms with E-state index in [1.807, 2.05) is 0 Å². The summed E-state index contributed by atoms with van der Waals surface area (Å²) in [6.07, 6.45) is 14.9. The normalized spacial score (nSPS) is 17.3. The minimum atomic E-state index is -3.84. The van der Waals surface area contributed by atoms with Gasteiger partial charge in [0.25, 0.3) is 0 Å². The summed E-state index contributed by atoms with van der Waals surface area (Å²) in [5.41, 5.74) is 7.13. The van der Waals surface area contributed by atoms with E-state index in [-0.39, 0.29) is 11.5 Å². The molecule has 1 heterocycles. The number of likely N-dealkylation sites (N-methyl/N-ethyl adjacent to an activating group) is 1. The van der Waals surface area contributed by atoms with Gasteiger partial charge in [-0.05, 0) is 54.3 Å². The van der Waals surface area contributed by atoms with Crippen LogP contribution in [-0.4, -0.2) is 61.0 Å². The summed E-state index contributed by atoms with van der Waals surface area (Å²) in [4.78, 5) is 24.6. The zero-order chi connectivity index (χ0) is 25.6. The van der Waals surface area contributed by atoms with Crippen molar-refractivity contribution < 1.29 is 14.4 Å². The zero-order valence-corrected chi connectivity index (χ0v) is 23.2. The fourth-order valence-corrected chi connectivity index (χ4v) is 5.61. The first-order chi connectivity index (χ1) is 16.6. The Labute approximate surface area is 216 Å². The molecule has 0 saturated heterocycles. The van der Waals surface area contributed by atoms with Gasteiger partial charge in [-0.25, -0.2) is 0 Å². The third-order valence-corrected chi connectivity index (χ3v) is 7.97. The molecular formula is C27H41ClN3O3P. The molecule has 1 aliphatic heterocycles. The van der Waals surface area contributed by atoms with Crippen LogP contribution in [-0.2, 0) is 4.57 Å². The summed E-state index contributed by atoms with van der Waals surface area (Å²) < 4.78 is 10.9. The second-order valence-electron chi connectivity index (χ2n) is 10.0. The van der Waals surface area contributed by atoms with Gasteiger partial charge >= 0.3 is 7.60 Å². The van der Waals surface area contributed by atoms with Gasteiger partial charge < -0.3 is 24.5 Å². The average molecular weight is 522 g/mol. The Balaban J connectivity index is 1.61. The molecule has 0 aromatic heterocycles. The second kappa shape index (κ2) is 12.5. The summed E-state index contributed by atoms with van der Waals surface area (Å²) in [5.74, 6) is 0. The second-order valence-corrected chi connectivity index (χ2v) is 12.3. The van der Waals surface area contributed by atoms with Gasteiger partial charge in [-0.1, -0.05) is 44.6 Å². The highest BCUT2D eigenvalue weighted by atomic mass is 35.5. The molecule has 1 aliphatic carbocycles. The molecule has 1 atom stereocenters. The average Bonchev–Trinajstić information content (AvgIpc) is 2.78. The number of anilines is 2. The summed E-state index contributed by atoms with van der Waals surface area (Å²) >= 11 is 6.83. The number of alkyl halides is 1. The number of fused-ring (bicyclic) bond motifs is 2. The van der Waals surface area contributed by atoms with E-state index in [0.29, 0.717) is 6.42 Å². The van der Waals surface area contributed by atoms with Gasteiger partial charge in [0.15, 0.2) is 0 Å². The van der Waals surface area contributed by atoms with Crippen LogP contribution in [0.2, 0.25) is 0 Å². The van der Waals surface area contributed by atoms with Crippen molar-refractivity contribution in [2.45, 2.75) is 56.7 Å². The smallest absolute Gasteiger partial charge is 0.325 e. The Morgan fingerprint density at radius 2 is 1.54 bits per heavy atom. The number of unbranched alkanes of at least 4 members (excludes halogenated alkanes) is 7. The van der Waals surface area contributed by atoms with Crippen LogP contribution in [0.3, 0.4) is 0 Å². The lowest BCUT2D eigenvalue weighted by atomic mass is 9.92. The fourth-order valence-electron chi connectivity index (χ4n) is 4.67. The maximum atomic E-state index is 10.9. The van der Waals surface area contributed by atoms with Gasteiger partial charge in [0.2, 0.25) is 0 Å². The van der Waals surface area contributed by atoms with Crippen molar-refractivity contribution in [3.63, 3.8) is 0 Å². The molecule has 0 radical (unpaired) electrons. The molecule has 0 fully saturated rings. The Kier molecular flexibility index (Phi) is 9.94. The summed E-state index contributed by atoms with van der Waals surface area (Å²) in [5, 5.41) is -0.151. The van der Waals surface area contributed by atoms with Crippen molar-refractivity contribution in [3.8, 4) is 0 Å². The lowest BCUT2D eigenvalue weighted by Gasteiger charge is -2.38. The number of benzene rings is 1. The molecular weight excluding hydrogens is 481 g/mol. The van der Waals surface area contributed by atoms with E-state index in [4.69, 9.17) is 21.4 Å². The van der Waals surface area contributed by atoms with Crippen molar-refractivity contribution in [2.24, 2.45) is 0 Å². The molecule has 2 aliphatic rings. The Hall–Kier alpha value is -1.72. The van der Waals surface area contributed by atoms with E-state index in [1.54, 1.807) is 0 Å². The van der Waals surface area contributed by atoms with Crippen LogP contribution in [0.4, 0.5) is 11.4 Å². The van der Waals surface area contributed by atoms with Crippen LogP contribution in [0.1, 0.15) is 56.9 Å². The molecule has 0 amide bonds. The highest BCUT2D eigenvalue weighted by Gasteiger charge is 2.30. The molecule has 1 unspecified atom stereocenters. The summed E-state index contributed by atoms with van der Waals surface area (Å²) in [6.45, 7) is 0.944. The summed E-state index contributed by atoms with van der Waals surface area (Å²) in [6, 6.07) is 6.64. The molecule has 6 nitrogen and oxygen atoms in total. The molecule has 0 saturated carbocycles. The molecule has 35 heavy (non-hydrogen) atoms. The van der Waals surface area contributed by atoms with Crippen molar-refractivity contribution in [2.75, 3.05) is 50.7 Å². The molecule has 194 valence electrons. The fraction of sp³-hybridized carbons (Fsp3) is 0.556. The van der Waals surface area contributed by atoms with E-state index in [2.05, 4.69) is 79.3 Å². The third kappa shape index (κ3) is 7.88. The summed E-state index contributed by atoms with van der Waals surface area (Å²) in [7, 11) is 4.42. The topological polar surface area (TPSA) is 67.2 Å². The van der Waals surface area contributed by atoms with Crippen molar-refractivity contribution >= 4 is 36.6 Å². The molecule has 0 spiro atoms. The highest BCUT2D eigenvalue weighted by Crippen LogP contribution is 2.42. The standard InChI is InChI=1S/C27H41ClN3O3P/c1-29(2)22-14-13-21-17-24-25(28)18-23(30(3)4)20-27(24)31(26(21)19-22)15-11-9-7-5-6-8-10-12-16-35(32,33)34/h13-14,17-20,25H,5-12,15-16H2,1-4H3,(H2,32,33,34). The zero-order valence-electron chi connectivity index (χ0n) is 21.6. The Morgan fingerprint density at radius 3 is 2.14 bits per heavy atom. The van der Waals surface area contributed by atoms with E-state index in [1.165, 1.54) is 35.5 Å². The van der Waals surface area contributed by atoms with Crippen LogP contribution in [0.5, 0.6) is 0 Å². The quantitative estimate of drug-likeness (QED) is 0.183. The van der Waals surface area contributed by atoms with Crippen molar-refractivity contribution in [1.29, 1.82) is 0 Å². The van der Waals surface area contributed by atoms with Gasteiger partial charge in [-0.15, -0.1) is 11.6 Å². The molecule has 2 N–H and O–H groups in total. The molecule has 0 bridgehead atoms. The minimum Gasteiger partial charge on any atom is -0.378 e. The monoisotopic (exact) mass is 521 g/mol. The van der Waals surface area contributed by atoms with E-state index >= 15 is 0 Å². The Morgan fingerprint density at radius 1 is 0.914 bits per heavy atom. The number of halogens is 1. The first-order valence-corrected chi connectivity index (χ1v) is 14.9. The number of hydrogen-bond acceptors (Lipinski definition) is 4. The predicted octanol–water partition coefficient (Wildman–Crippen LogP) is 6.20. The minimum absolute atomic E-state index is 0.0139. The number of allylic oxidation sites excluding steroid dienone is 3. The lowest BCUT2D eigenvalue weighted by molar-refractivity contribution is 0.370. The number of hydrogen-bond donors (Lipinski definition) is 2. The molecule has 3 rings (SSSR count). The molecule has 1 aromatic rings. The predicted molar refractivity (Wildman–Crippen MR) is 149 cm³/mol. The van der Waals surface area contributed by atoms with Crippen molar-refractivity contribution in [3.05, 3.63) is 52.9 Å². The maximum absolute atomic E-state index is 10.9. The van der Waals surface area contributed by atoms with Crippen LogP contribution in [0.15, 0.2) is 47.3 Å². The number of rotatable bonds is 13. The van der Waals surface area contributed by atoms with E-state index in [9.17, 15) is 4.57 Å². The van der Waals surface area contributed by atoms with Crippen LogP contribution in [0, 0.1) is 0 Å². The number of nitrogens with zero attached hydrogens (tertiary/aromatic N) is 3. The first kappa shape index (κ1) is 27.9. The first-order valence-electron chi connectivity index (χ1n) is 12.7. The SMILES string of the molecule is CN(C)C1=CC(Cl)C2=Cc3ccc(N(C)C)cc3N(CCCCCCCCCCP(=O)(O)O)C2=C1. The third-order valence-electron chi connectivity index (χ3n) is 6.72.